The van der Waals surface area contributed by atoms with Crippen molar-refractivity contribution in [2.45, 2.75) is 26.4 Å². The number of aryl methyl sites for hydroxylation is 1. The molecule has 1 aromatic carbocycles. The van der Waals surface area contributed by atoms with Crippen molar-refractivity contribution < 1.29 is 14.3 Å². The molecule has 20 heavy (non-hydrogen) atoms. The van der Waals surface area contributed by atoms with Gasteiger partial charge in [-0.25, -0.2) is 0 Å². The summed E-state index contributed by atoms with van der Waals surface area (Å²) in [5.74, 6) is 0.400. The first-order valence-corrected chi connectivity index (χ1v) is 6.39. The first kappa shape index (κ1) is 18.7. The average molecular weight is 303 g/mol. The zero-order valence-electron chi connectivity index (χ0n) is 12.1. The summed E-state index contributed by atoms with van der Waals surface area (Å²) in [5.41, 5.74) is 7.18. The van der Waals surface area contributed by atoms with E-state index in [0.717, 1.165) is 12.0 Å². The van der Waals surface area contributed by atoms with Crippen molar-refractivity contribution in [2.75, 3.05) is 25.6 Å². The van der Waals surface area contributed by atoms with Crippen LogP contribution < -0.4 is 15.8 Å². The van der Waals surface area contributed by atoms with E-state index in [-0.39, 0.29) is 24.9 Å². The number of halogens is 1. The molecular weight excluding hydrogens is 280 g/mol. The highest BCUT2D eigenvalue weighted by Crippen LogP contribution is 2.26. The van der Waals surface area contributed by atoms with Gasteiger partial charge >= 0.3 is 0 Å². The zero-order valence-corrected chi connectivity index (χ0v) is 13.0. The Balaban J connectivity index is 0.00000361. The van der Waals surface area contributed by atoms with Crippen LogP contribution in [0.1, 0.15) is 18.9 Å². The van der Waals surface area contributed by atoms with Gasteiger partial charge in [0.1, 0.15) is 11.9 Å². The summed E-state index contributed by atoms with van der Waals surface area (Å²) in [7, 11) is 1.46. The monoisotopic (exact) mass is 302 g/mol. The SMILES string of the molecule is CCCOc1cc(C)ccc1NC(=O)C(CN)OC.Cl. The summed E-state index contributed by atoms with van der Waals surface area (Å²) in [6, 6.07) is 5.63. The third kappa shape index (κ3) is 5.36. The van der Waals surface area contributed by atoms with Crippen molar-refractivity contribution in [3.05, 3.63) is 23.8 Å². The minimum Gasteiger partial charge on any atom is -0.491 e. The van der Waals surface area contributed by atoms with E-state index in [2.05, 4.69) is 5.32 Å². The second kappa shape index (κ2) is 9.58. The van der Waals surface area contributed by atoms with Crippen molar-refractivity contribution in [3.63, 3.8) is 0 Å². The van der Waals surface area contributed by atoms with Gasteiger partial charge in [0.2, 0.25) is 0 Å². The molecule has 0 spiro atoms. The van der Waals surface area contributed by atoms with Gasteiger partial charge in [-0.15, -0.1) is 12.4 Å². The molecule has 0 radical (unpaired) electrons. The fourth-order valence-corrected chi connectivity index (χ4v) is 1.59. The molecule has 5 nitrogen and oxygen atoms in total. The van der Waals surface area contributed by atoms with E-state index in [1.54, 1.807) is 0 Å². The van der Waals surface area contributed by atoms with E-state index in [0.29, 0.717) is 18.0 Å². The van der Waals surface area contributed by atoms with Gasteiger partial charge in [0, 0.05) is 13.7 Å². The van der Waals surface area contributed by atoms with E-state index in [4.69, 9.17) is 15.2 Å². The highest BCUT2D eigenvalue weighted by Gasteiger charge is 2.17. The lowest BCUT2D eigenvalue weighted by Crippen LogP contribution is -2.36. The third-order valence-electron chi connectivity index (χ3n) is 2.65. The number of methoxy groups -OCH3 is 1. The van der Waals surface area contributed by atoms with Crippen molar-refractivity contribution in [1.82, 2.24) is 0 Å². The molecule has 114 valence electrons. The molecule has 6 heteroatoms. The van der Waals surface area contributed by atoms with Gasteiger partial charge in [0.25, 0.3) is 5.91 Å². The summed E-state index contributed by atoms with van der Waals surface area (Å²) in [5, 5.41) is 2.78. The Bertz CT molecular complexity index is 423. The minimum absolute atomic E-state index is 0. The molecular formula is C14H23ClN2O3. The predicted molar refractivity (Wildman–Crippen MR) is 82.7 cm³/mol. The lowest BCUT2D eigenvalue weighted by molar-refractivity contribution is -0.125. The number of nitrogens with two attached hydrogens (primary N) is 1. The van der Waals surface area contributed by atoms with Gasteiger partial charge in [-0.05, 0) is 31.0 Å². The van der Waals surface area contributed by atoms with Crippen LogP contribution >= 0.6 is 12.4 Å². The zero-order chi connectivity index (χ0) is 14.3. The van der Waals surface area contributed by atoms with Gasteiger partial charge in [0.05, 0.1) is 12.3 Å². The third-order valence-corrected chi connectivity index (χ3v) is 2.65. The average Bonchev–Trinajstić information content (AvgIpc) is 2.40. The number of carbonyl (C=O) groups is 1. The van der Waals surface area contributed by atoms with E-state index in [1.807, 2.05) is 32.0 Å². The summed E-state index contributed by atoms with van der Waals surface area (Å²) in [6.07, 6.45) is 0.255. The minimum atomic E-state index is -0.652. The van der Waals surface area contributed by atoms with Crippen molar-refractivity contribution in [1.29, 1.82) is 0 Å². The first-order chi connectivity index (χ1) is 9.12. The molecule has 0 fully saturated rings. The first-order valence-electron chi connectivity index (χ1n) is 6.39. The molecule has 0 saturated heterocycles. The van der Waals surface area contributed by atoms with E-state index < -0.39 is 6.10 Å². The number of amides is 1. The molecule has 0 aliphatic carbocycles. The van der Waals surface area contributed by atoms with Crippen LogP contribution in [0.3, 0.4) is 0 Å². The largest absolute Gasteiger partial charge is 0.491 e. The molecule has 0 bridgehead atoms. The van der Waals surface area contributed by atoms with Crippen LogP contribution in [0, 0.1) is 6.92 Å². The quantitative estimate of drug-likeness (QED) is 0.809. The van der Waals surface area contributed by atoms with Crippen LogP contribution in [0.15, 0.2) is 18.2 Å². The lowest BCUT2D eigenvalue weighted by atomic mass is 10.2. The Morgan fingerprint density at radius 2 is 2.15 bits per heavy atom. The van der Waals surface area contributed by atoms with Crippen molar-refractivity contribution >= 4 is 24.0 Å². The Labute approximate surface area is 126 Å². The van der Waals surface area contributed by atoms with Crippen molar-refractivity contribution in [3.8, 4) is 5.75 Å². The van der Waals surface area contributed by atoms with Crippen LogP contribution in [0.2, 0.25) is 0 Å². The molecule has 1 aromatic rings. The van der Waals surface area contributed by atoms with Gasteiger partial charge in [0.15, 0.2) is 0 Å². The highest BCUT2D eigenvalue weighted by molar-refractivity contribution is 5.95. The molecule has 0 aliphatic rings. The van der Waals surface area contributed by atoms with Crippen molar-refractivity contribution in [2.24, 2.45) is 5.73 Å². The van der Waals surface area contributed by atoms with Gasteiger partial charge in [-0.2, -0.15) is 0 Å². The summed E-state index contributed by atoms with van der Waals surface area (Å²) in [4.78, 5) is 11.9. The van der Waals surface area contributed by atoms with Crippen LogP contribution in [0.25, 0.3) is 0 Å². The fourth-order valence-electron chi connectivity index (χ4n) is 1.59. The molecule has 1 atom stereocenters. The summed E-state index contributed by atoms with van der Waals surface area (Å²) in [6.45, 7) is 4.75. The number of carbonyl (C=O) groups excluding carboxylic acids is 1. The second-order valence-electron chi connectivity index (χ2n) is 4.30. The van der Waals surface area contributed by atoms with E-state index in [9.17, 15) is 4.79 Å². The van der Waals surface area contributed by atoms with Crippen LogP contribution in [0.5, 0.6) is 5.75 Å². The number of rotatable bonds is 7. The van der Waals surface area contributed by atoms with Gasteiger partial charge < -0.3 is 20.5 Å². The van der Waals surface area contributed by atoms with E-state index >= 15 is 0 Å². The summed E-state index contributed by atoms with van der Waals surface area (Å²) < 4.78 is 10.6. The molecule has 1 unspecified atom stereocenters. The predicted octanol–water partition coefficient (Wildman–Crippen LogP) is 2.12. The Kier molecular flexibility index (Phi) is 8.96. The maximum absolute atomic E-state index is 11.9. The molecule has 0 heterocycles. The number of benzene rings is 1. The van der Waals surface area contributed by atoms with Crippen LogP contribution in [-0.2, 0) is 9.53 Å². The molecule has 0 aromatic heterocycles. The Morgan fingerprint density at radius 1 is 1.45 bits per heavy atom. The molecule has 1 amide bonds. The highest BCUT2D eigenvalue weighted by atomic mass is 35.5. The lowest BCUT2D eigenvalue weighted by Gasteiger charge is -2.16. The number of nitrogens with one attached hydrogen (secondary N) is 1. The Morgan fingerprint density at radius 3 is 2.70 bits per heavy atom. The number of ether oxygens (including phenoxy) is 2. The maximum atomic E-state index is 11.9. The molecule has 0 aliphatic heterocycles. The number of anilines is 1. The van der Waals surface area contributed by atoms with Crippen LogP contribution in [-0.4, -0.2) is 32.3 Å². The second-order valence-corrected chi connectivity index (χ2v) is 4.30. The van der Waals surface area contributed by atoms with Gasteiger partial charge in [-0.3, -0.25) is 4.79 Å². The van der Waals surface area contributed by atoms with E-state index in [1.165, 1.54) is 7.11 Å². The smallest absolute Gasteiger partial charge is 0.254 e. The standard InChI is InChI=1S/C14H22N2O3.ClH/c1-4-7-19-12-8-10(2)5-6-11(12)16-14(17)13(9-15)18-3;/h5-6,8,13H,4,7,9,15H2,1-3H3,(H,16,17);1H. The Hall–Kier alpha value is -1.30. The number of hydrogen-bond donors (Lipinski definition) is 2. The summed E-state index contributed by atoms with van der Waals surface area (Å²) >= 11 is 0. The van der Waals surface area contributed by atoms with Gasteiger partial charge in [-0.1, -0.05) is 13.0 Å². The topological polar surface area (TPSA) is 73.6 Å². The van der Waals surface area contributed by atoms with Crippen LogP contribution in [0.4, 0.5) is 5.69 Å². The molecule has 3 N–H and O–H groups in total. The molecule has 1 rings (SSSR count). The maximum Gasteiger partial charge on any atom is 0.254 e. The normalized spacial score (nSPS) is 11.4. The fraction of sp³-hybridized carbons (Fsp3) is 0.500. The number of hydrogen-bond acceptors (Lipinski definition) is 4. The molecule has 0 saturated carbocycles.